The summed E-state index contributed by atoms with van der Waals surface area (Å²) in [5.74, 6) is -1.12. The fraction of sp³-hybridized carbons (Fsp3) is 0.462. The average Bonchev–Trinajstić information content (AvgIpc) is 2.43. The molecule has 1 aromatic rings. The Kier molecular flexibility index (Phi) is 4.24. The maximum Gasteiger partial charge on any atom is 0.337 e. The summed E-state index contributed by atoms with van der Waals surface area (Å²) < 4.78 is 5.36. The Hall–Kier alpha value is -1.67. The lowest BCUT2D eigenvalue weighted by Crippen LogP contribution is -2.58. The first-order valence-electron chi connectivity index (χ1n) is 6.20. The maximum absolute atomic E-state index is 11.1. The number of aromatic carboxylic acids is 1. The number of aliphatic hydroxyl groups is 3. The molecule has 7 heteroatoms. The van der Waals surface area contributed by atoms with E-state index in [1.54, 1.807) is 19.1 Å². The van der Waals surface area contributed by atoms with E-state index in [1.807, 2.05) is 0 Å². The van der Waals surface area contributed by atoms with E-state index in [-0.39, 0.29) is 11.3 Å². The van der Waals surface area contributed by atoms with Crippen LogP contribution in [0, 0.1) is 0 Å². The SMILES string of the molecule is C[C@@H]1O[C@@H](Nc2ccccc2C(=O)O)[C@@H](O)[C@@H](O)[C@@H]1O. The van der Waals surface area contributed by atoms with E-state index in [4.69, 9.17) is 9.84 Å². The van der Waals surface area contributed by atoms with Crippen LogP contribution in [0.1, 0.15) is 17.3 Å². The van der Waals surface area contributed by atoms with Gasteiger partial charge >= 0.3 is 5.97 Å². The third-order valence-electron chi connectivity index (χ3n) is 3.31. The lowest BCUT2D eigenvalue weighted by atomic mass is 9.99. The number of rotatable bonds is 3. The quantitative estimate of drug-likeness (QED) is 0.513. The Morgan fingerprint density at radius 2 is 1.80 bits per heavy atom. The number of nitrogens with one attached hydrogen (secondary N) is 1. The summed E-state index contributed by atoms with van der Waals surface area (Å²) in [5.41, 5.74) is 0.288. The summed E-state index contributed by atoms with van der Waals surface area (Å²) in [6, 6.07) is 6.16. The van der Waals surface area contributed by atoms with E-state index < -0.39 is 36.6 Å². The van der Waals surface area contributed by atoms with Gasteiger partial charge in [-0.2, -0.15) is 0 Å². The van der Waals surface area contributed by atoms with Gasteiger partial charge in [-0.1, -0.05) is 12.1 Å². The number of hydrogen-bond acceptors (Lipinski definition) is 6. The molecule has 0 aliphatic carbocycles. The van der Waals surface area contributed by atoms with Crippen LogP contribution >= 0.6 is 0 Å². The van der Waals surface area contributed by atoms with E-state index in [0.717, 1.165) is 0 Å². The highest BCUT2D eigenvalue weighted by Crippen LogP contribution is 2.24. The zero-order valence-electron chi connectivity index (χ0n) is 10.8. The van der Waals surface area contributed by atoms with Gasteiger partial charge in [0.05, 0.1) is 17.4 Å². The molecule has 1 saturated heterocycles. The van der Waals surface area contributed by atoms with Gasteiger partial charge in [-0.25, -0.2) is 4.79 Å². The number of benzene rings is 1. The number of carboxylic acids is 1. The molecule has 1 heterocycles. The number of aliphatic hydroxyl groups excluding tert-OH is 3. The van der Waals surface area contributed by atoms with Crippen LogP contribution in [-0.2, 0) is 4.74 Å². The molecule has 0 unspecified atom stereocenters. The molecule has 5 N–H and O–H groups in total. The zero-order valence-corrected chi connectivity index (χ0v) is 10.8. The molecule has 0 aromatic heterocycles. The van der Waals surface area contributed by atoms with Crippen LogP contribution in [0.25, 0.3) is 0 Å². The van der Waals surface area contributed by atoms with Crippen LogP contribution in [0.4, 0.5) is 5.69 Å². The first-order valence-corrected chi connectivity index (χ1v) is 6.20. The second-order valence-corrected chi connectivity index (χ2v) is 4.73. The number of hydrogen-bond donors (Lipinski definition) is 5. The van der Waals surface area contributed by atoms with Gasteiger partial charge in [0, 0.05) is 0 Å². The minimum atomic E-state index is -1.37. The van der Waals surface area contributed by atoms with Crippen LogP contribution in [0.2, 0.25) is 0 Å². The molecule has 1 aromatic carbocycles. The first kappa shape index (κ1) is 14.7. The van der Waals surface area contributed by atoms with Gasteiger partial charge in [-0.05, 0) is 19.1 Å². The van der Waals surface area contributed by atoms with Crippen molar-refractivity contribution < 1.29 is 30.0 Å². The number of anilines is 1. The fourth-order valence-corrected chi connectivity index (χ4v) is 2.12. The van der Waals surface area contributed by atoms with Crippen LogP contribution in [-0.4, -0.2) is 57.0 Å². The molecule has 7 nitrogen and oxygen atoms in total. The van der Waals surface area contributed by atoms with E-state index in [2.05, 4.69) is 5.32 Å². The number of carboxylic acid groups (broad SMARTS) is 1. The molecule has 110 valence electrons. The lowest BCUT2D eigenvalue weighted by molar-refractivity contribution is -0.209. The van der Waals surface area contributed by atoms with Crippen molar-refractivity contribution in [1.82, 2.24) is 0 Å². The monoisotopic (exact) mass is 283 g/mol. The number of para-hydroxylation sites is 1. The normalized spacial score (nSPS) is 33.7. The van der Waals surface area contributed by atoms with Crippen LogP contribution in [0.3, 0.4) is 0 Å². The van der Waals surface area contributed by atoms with E-state index in [9.17, 15) is 20.1 Å². The predicted octanol–water partition coefficient (Wildman–Crippen LogP) is -0.376. The third-order valence-corrected chi connectivity index (χ3v) is 3.31. The van der Waals surface area contributed by atoms with Gasteiger partial charge in [0.1, 0.15) is 18.3 Å². The van der Waals surface area contributed by atoms with E-state index >= 15 is 0 Å². The number of ether oxygens (including phenoxy) is 1. The molecule has 0 radical (unpaired) electrons. The molecule has 1 fully saturated rings. The molecule has 0 spiro atoms. The van der Waals surface area contributed by atoms with Crippen molar-refractivity contribution in [3.05, 3.63) is 29.8 Å². The van der Waals surface area contributed by atoms with Gasteiger partial charge in [0.2, 0.25) is 0 Å². The fourth-order valence-electron chi connectivity index (χ4n) is 2.12. The first-order chi connectivity index (χ1) is 9.41. The predicted molar refractivity (Wildman–Crippen MR) is 69.4 cm³/mol. The van der Waals surface area contributed by atoms with Crippen molar-refractivity contribution >= 4 is 11.7 Å². The van der Waals surface area contributed by atoms with Crippen molar-refractivity contribution in [2.45, 2.75) is 37.6 Å². The third kappa shape index (κ3) is 2.75. The Morgan fingerprint density at radius 1 is 1.15 bits per heavy atom. The molecule has 20 heavy (non-hydrogen) atoms. The Balaban J connectivity index is 2.20. The van der Waals surface area contributed by atoms with Crippen LogP contribution in [0.15, 0.2) is 24.3 Å². The smallest absolute Gasteiger partial charge is 0.337 e. The molecule has 5 atom stereocenters. The zero-order chi connectivity index (χ0) is 14.9. The van der Waals surface area contributed by atoms with Crippen molar-refractivity contribution in [2.75, 3.05) is 5.32 Å². The summed E-state index contributed by atoms with van der Waals surface area (Å²) in [6.07, 6.45) is -5.64. The molecule has 0 bridgehead atoms. The molecule has 2 rings (SSSR count). The second kappa shape index (κ2) is 5.76. The molecule has 1 aliphatic heterocycles. The molecule has 1 aliphatic rings. The highest BCUT2D eigenvalue weighted by atomic mass is 16.5. The Labute approximate surface area is 115 Å². The second-order valence-electron chi connectivity index (χ2n) is 4.73. The molecular weight excluding hydrogens is 266 g/mol. The summed E-state index contributed by atoms with van der Waals surface area (Å²) in [6.45, 7) is 1.55. The minimum absolute atomic E-state index is 0.0246. The lowest BCUT2D eigenvalue weighted by Gasteiger charge is -2.40. The minimum Gasteiger partial charge on any atom is -0.478 e. The van der Waals surface area contributed by atoms with Gasteiger partial charge < -0.3 is 30.5 Å². The van der Waals surface area contributed by atoms with Gasteiger partial charge in [-0.15, -0.1) is 0 Å². The molecule has 0 amide bonds. The van der Waals surface area contributed by atoms with Gasteiger partial charge in [0.15, 0.2) is 6.23 Å². The Morgan fingerprint density at radius 3 is 2.45 bits per heavy atom. The highest BCUT2D eigenvalue weighted by Gasteiger charge is 2.41. The van der Waals surface area contributed by atoms with E-state index in [0.29, 0.717) is 0 Å². The topological polar surface area (TPSA) is 119 Å². The summed E-state index contributed by atoms with van der Waals surface area (Å²) in [4.78, 5) is 11.1. The molecular formula is C13H17NO6. The Bertz CT molecular complexity index is 494. The molecule has 0 saturated carbocycles. The van der Waals surface area contributed by atoms with Gasteiger partial charge in [-0.3, -0.25) is 0 Å². The van der Waals surface area contributed by atoms with Crippen LogP contribution < -0.4 is 5.32 Å². The average molecular weight is 283 g/mol. The van der Waals surface area contributed by atoms with E-state index in [1.165, 1.54) is 12.1 Å². The number of carbonyl (C=O) groups is 1. The summed E-state index contributed by atoms with van der Waals surface area (Å²) in [5, 5.41) is 41.0. The highest BCUT2D eigenvalue weighted by molar-refractivity contribution is 5.94. The largest absolute Gasteiger partial charge is 0.478 e. The van der Waals surface area contributed by atoms with Crippen LogP contribution in [0.5, 0.6) is 0 Å². The van der Waals surface area contributed by atoms with Gasteiger partial charge in [0.25, 0.3) is 0 Å². The maximum atomic E-state index is 11.1. The van der Waals surface area contributed by atoms with Crippen molar-refractivity contribution in [1.29, 1.82) is 0 Å². The van der Waals surface area contributed by atoms with Crippen molar-refractivity contribution in [2.24, 2.45) is 0 Å². The van der Waals surface area contributed by atoms with Crippen molar-refractivity contribution in [3.63, 3.8) is 0 Å². The standard InChI is InChI=1S/C13H17NO6/c1-6-9(15)10(16)11(17)12(20-6)14-8-5-3-2-4-7(8)13(18)19/h2-6,9-12,14-17H,1H3,(H,18,19)/t6-,9+,10-,11-,12+/m0/s1. The van der Waals surface area contributed by atoms with Crippen molar-refractivity contribution in [3.8, 4) is 0 Å². The summed E-state index contributed by atoms with van der Waals surface area (Å²) in [7, 11) is 0. The summed E-state index contributed by atoms with van der Waals surface area (Å²) >= 11 is 0.